The minimum atomic E-state index is -0.0413. The van der Waals surface area contributed by atoms with Gasteiger partial charge in [-0.3, -0.25) is 0 Å². The molecular weight excluding hydrogens is 759 g/mol. The minimum Gasteiger partial charge on any atom is -0.311 e. The number of benzene rings is 10. The zero-order valence-corrected chi connectivity index (χ0v) is 34.6. The molecule has 294 valence electrons. The average molecular weight is 801 g/mol. The lowest BCUT2D eigenvalue weighted by molar-refractivity contribution is 1.25. The molecule has 0 amide bonds. The van der Waals surface area contributed by atoms with Crippen molar-refractivity contribution in [2.75, 3.05) is 9.80 Å². The summed E-state index contributed by atoms with van der Waals surface area (Å²) in [6, 6.07) is 91.2. The fraction of sp³-hybridized carbons (Fsp3) is 0. The van der Waals surface area contributed by atoms with Crippen molar-refractivity contribution in [3.8, 4) is 55.6 Å². The molecule has 10 aromatic rings. The zero-order chi connectivity index (χ0) is 41.7. The molecule has 0 atom stereocenters. The van der Waals surface area contributed by atoms with Gasteiger partial charge in [0.05, 0.1) is 0 Å². The second-order valence-electron chi connectivity index (χ2n) is 16.5. The van der Waals surface area contributed by atoms with E-state index in [0.717, 1.165) is 11.4 Å². The van der Waals surface area contributed by atoms with Gasteiger partial charge in [0, 0.05) is 39.7 Å². The summed E-state index contributed by atoms with van der Waals surface area (Å²) in [5.74, 6) is 0. The van der Waals surface area contributed by atoms with Gasteiger partial charge in [0.25, 0.3) is 6.71 Å². The maximum atomic E-state index is 2.56. The zero-order valence-electron chi connectivity index (χ0n) is 34.6. The maximum absolute atomic E-state index is 2.56. The number of hydrogen-bond donors (Lipinski definition) is 0. The molecular formula is C60H41BN2. The summed E-state index contributed by atoms with van der Waals surface area (Å²) < 4.78 is 0. The summed E-state index contributed by atoms with van der Waals surface area (Å²) in [6.07, 6.45) is 0. The van der Waals surface area contributed by atoms with Crippen LogP contribution in [0, 0.1) is 0 Å². The van der Waals surface area contributed by atoms with E-state index in [9.17, 15) is 0 Å². The van der Waals surface area contributed by atoms with Crippen LogP contribution in [0.4, 0.5) is 34.1 Å². The Balaban J connectivity index is 1.20. The third kappa shape index (κ3) is 6.37. The fourth-order valence-electron chi connectivity index (χ4n) is 9.96. The number of nitrogens with zero attached hydrogens (tertiary/aromatic N) is 2. The van der Waals surface area contributed by atoms with Gasteiger partial charge < -0.3 is 9.80 Å². The van der Waals surface area contributed by atoms with E-state index in [1.54, 1.807) is 0 Å². The first-order valence-electron chi connectivity index (χ1n) is 21.8. The van der Waals surface area contributed by atoms with Gasteiger partial charge in [-0.2, -0.15) is 0 Å². The van der Waals surface area contributed by atoms with Crippen LogP contribution in [0.1, 0.15) is 0 Å². The molecule has 0 unspecified atom stereocenters. The Morgan fingerprint density at radius 1 is 0.254 bits per heavy atom. The Morgan fingerprint density at radius 3 is 1.21 bits per heavy atom. The van der Waals surface area contributed by atoms with Crippen molar-refractivity contribution in [3.63, 3.8) is 0 Å². The molecule has 0 spiro atoms. The van der Waals surface area contributed by atoms with Gasteiger partial charge in [-0.25, -0.2) is 0 Å². The van der Waals surface area contributed by atoms with Crippen LogP contribution < -0.4 is 26.2 Å². The van der Waals surface area contributed by atoms with Crippen molar-refractivity contribution in [3.05, 3.63) is 249 Å². The van der Waals surface area contributed by atoms with Gasteiger partial charge >= 0.3 is 0 Å². The molecule has 0 fully saturated rings. The summed E-state index contributed by atoms with van der Waals surface area (Å²) >= 11 is 0. The maximum Gasteiger partial charge on any atom is 0.252 e. The van der Waals surface area contributed by atoms with E-state index in [1.165, 1.54) is 94.8 Å². The van der Waals surface area contributed by atoms with E-state index in [2.05, 4.69) is 259 Å². The fourth-order valence-corrected chi connectivity index (χ4v) is 9.96. The van der Waals surface area contributed by atoms with Gasteiger partial charge in [0.15, 0.2) is 0 Å². The molecule has 0 aromatic heterocycles. The number of fused-ring (bicyclic) bond motifs is 4. The first-order chi connectivity index (χ1) is 31.3. The van der Waals surface area contributed by atoms with Gasteiger partial charge in [0.2, 0.25) is 0 Å². The average Bonchev–Trinajstić information content (AvgIpc) is 3.37. The number of hydrogen-bond acceptors (Lipinski definition) is 2. The minimum absolute atomic E-state index is 0.0413. The van der Waals surface area contributed by atoms with Crippen molar-refractivity contribution < 1.29 is 0 Å². The van der Waals surface area contributed by atoms with Crippen LogP contribution in [-0.2, 0) is 0 Å². The Labute approximate surface area is 369 Å². The molecule has 10 aromatic carbocycles. The largest absolute Gasteiger partial charge is 0.311 e. The number of para-hydroxylation sites is 1. The highest BCUT2D eigenvalue weighted by Gasteiger charge is 2.44. The molecule has 3 heteroatoms. The monoisotopic (exact) mass is 800 g/mol. The van der Waals surface area contributed by atoms with Crippen molar-refractivity contribution >= 4 is 57.2 Å². The van der Waals surface area contributed by atoms with Crippen molar-refractivity contribution in [2.24, 2.45) is 0 Å². The second kappa shape index (κ2) is 15.4. The van der Waals surface area contributed by atoms with Crippen molar-refractivity contribution in [1.29, 1.82) is 0 Å². The van der Waals surface area contributed by atoms with Gasteiger partial charge in [-0.05, 0) is 109 Å². The summed E-state index contributed by atoms with van der Waals surface area (Å²) in [5.41, 5.74) is 22.7. The Hall–Kier alpha value is -8.14. The quantitative estimate of drug-likeness (QED) is 0.148. The predicted octanol–water partition coefficient (Wildman–Crippen LogP) is 14.1. The van der Waals surface area contributed by atoms with Crippen molar-refractivity contribution in [1.82, 2.24) is 0 Å². The molecule has 0 bridgehead atoms. The van der Waals surface area contributed by atoms with E-state index in [0.29, 0.717) is 0 Å². The smallest absolute Gasteiger partial charge is 0.252 e. The molecule has 2 heterocycles. The lowest BCUT2D eigenvalue weighted by Crippen LogP contribution is -2.61. The number of rotatable bonds is 7. The molecule has 63 heavy (non-hydrogen) atoms. The molecule has 0 aliphatic carbocycles. The van der Waals surface area contributed by atoms with Gasteiger partial charge in [-0.15, -0.1) is 0 Å². The second-order valence-corrected chi connectivity index (χ2v) is 16.5. The molecule has 0 N–H and O–H groups in total. The lowest BCUT2D eigenvalue weighted by Gasteiger charge is -2.45. The Bertz CT molecular complexity index is 3280. The summed E-state index contributed by atoms with van der Waals surface area (Å²) in [5, 5.41) is 0. The van der Waals surface area contributed by atoms with E-state index < -0.39 is 0 Å². The van der Waals surface area contributed by atoms with Crippen molar-refractivity contribution in [2.45, 2.75) is 0 Å². The van der Waals surface area contributed by atoms with Crippen LogP contribution in [0.15, 0.2) is 249 Å². The molecule has 2 aliphatic rings. The standard InChI is InChI=1S/C60H41BN2/c1-6-19-42(20-7-1)47-29-16-31-51(37-47)62-56-39-49(44-23-10-3-11-24-44)35-36-54(56)61-55-34-18-33-53(46-27-14-5-15-28-46)60(55)63(52-32-17-30-48(38-52)43-21-8-2-9-22-43)58-41-50(40-57(62)59(58)61)45-25-12-4-13-26-45/h1-41H. The Kier molecular flexibility index (Phi) is 8.97. The van der Waals surface area contributed by atoms with Crippen LogP contribution in [0.5, 0.6) is 0 Å². The lowest BCUT2D eigenvalue weighted by atomic mass is 9.33. The van der Waals surface area contributed by atoms with Crippen LogP contribution in [0.3, 0.4) is 0 Å². The Morgan fingerprint density at radius 2 is 0.667 bits per heavy atom. The van der Waals surface area contributed by atoms with Crippen LogP contribution in [0.2, 0.25) is 0 Å². The molecule has 0 radical (unpaired) electrons. The van der Waals surface area contributed by atoms with Gasteiger partial charge in [-0.1, -0.05) is 206 Å². The highest BCUT2D eigenvalue weighted by atomic mass is 15.2. The molecule has 12 rings (SSSR count). The van der Waals surface area contributed by atoms with E-state index in [4.69, 9.17) is 0 Å². The van der Waals surface area contributed by atoms with Crippen LogP contribution in [0.25, 0.3) is 55.6 Å². The molecule has 2 nitrogen and oxygen atoms in total. The summed E-state index contributed by atoms with van der Waals surface area (Å²) in [7, 11) is 0. The van der Waals surface area contributed by atoms with E-state index >= 15 is 0 Å². The van der Waals surface area contributed by atoms with Crippen LogP contribution >= 0.6 is 0 Å². The van der Waals surface area contributed by atoms with Crippen LogP contribution in [-0.4, -0.2) is 6.71 Å². The van der Waals surface area contributed by atoms with E-state index in [-0.39, 0.29) is 6.71 Å². The SMILES string of the molecule is c1ccc(-c2cccc(N3c4cc(-c5ccccc5)ccc4B4c5cccc(-c6ccccc6)c5N(c5cccc(-c6ccccc6)c5)c5cc(-c6ccccc6)cc3c54)c2)cc1. The first kappa shape index (κ1) is 36.7. The third-order valence-electron chi connectivity index (χ3n) is 12.8. The number of anilines is 6. The third-order valence-corrected chi connectivity index (χ3v) is 12.8. The highest BCUT2D eigenvalue weighted by molar-refractivity contribution is 7.00. The first-order valence-corrected chi connectivity index (χ1v) is 21.8. The molecule has 0 saturated carbocycles. The van der Waals surface area contributed by atoms with E-state index in [1.807, 2.05) is 0 Å². The highest BCUT2D eigenvalue weighted by Crippen LogP contribution is 2.49. The molecule has 0 saturated heterocycles. The molecule has 2 aliphatic heterocycles. The summed E-state index contributed by atoms with van der Waals surface area (Å²) in [4.78, 5) is 5.11. The predicted molar refractivity (Wildman–Crippen MR) is 268 cm³/mol. The van der Waals surface area contributed by atoms with Gasteiger partial charge in [0.1, 0.15) is 0 Å². The topological polar surface area (TPSA) is 6.48 Å². The summed E-state index contributed by atoms with van der Waals surface area (Å²) in [6.45, 7) is -0.0413. The normalized spacial score (nSPS) is 12.3.